The van der Waals surface area contributed by atoms with Gasteiger partial charge in [0.2, 0.25) is 5.91 Å². The Kier molecular flexibility index (Phi) is 5.05. The summed E-state index contributed by atoms with van der Waals surface area (Å²) in [5, 5.41) is 0. The van der Waals surface area contributed by atoms with Gasteiger partial charge in [-0.05, 0) is 24.6 Å². The molecule has 0 bridgehead atoms. The van der Waals surface area contributed by atoms with Gasteiger partial charge in [0, 0.05) is 38.6 Å². The Labute approximate surface area is 142 Å². The number of aromatic nitrogens is 2. The first kappa shape index (κ1) is 16.4. The zero-order chi connectivity index (χ0) is 16.9. The van der Waals surface area contributed by atoms with Gasteiger partial charge in [-0.25, -0.2) is 0 Å². The van der Waals surface area contributed by atoms with Crippen molar-refractivity contribution in [3.8, 4) is 5.75 Å². The molecule has 1 fully saturated rings. The van der Waals surface area contributed by atoms with Crippen LogP contribution in [-0.2, 0) is 17.9 Å². The van der Waals surface area contributed by atoms with E-state index in [1.807, 2.05) is 36.1 Å². The Morgan fingerprint density at radius 1 is 1.08 bits per heavy atom. The molecule has 0 radical (unpaired) electrons. The number of aryl methyl sites for hydroxylation is 1. The molecule has 24 heavy (non-hydrogen) atoms. The number of hydrogen-bond donors (Lipinski definition) is 0. The van der Waals surface area contributed by atoms with E-state index in [0.717, 1.165) is 35.8 Å². The Morgan fingerprint density at radius 3 is 2.50 bits per heavy atom. The highest BCUT2D eigenvalue weighted by atomic mass is 16.5. The van der Waals surface area contributed by atoms with Gasteiger partial charge in [0.15, 0.2) is 0 Å². The fraction of sp³-hybridized carbons (Fsp3) is 0.389. The summed E-state index contributed by atoms with van der Waals surface area (Å²) >= 11 is 0. The molecule has 1 aliphatic heterocycles. The summed E-state index contributed by atoms with van der Waals surface area (Å²) in [6, 6.07) is 7.85. The summed E-state index contributed by atoms with van der Waals surface area (Å²) < 4.78 is 5.16. The number of nitrogens with zero attached hydrogens (tertiary/aromatic N) is 4. The van der Waals surface area contributed by atoms with Crippen LogP contribution in [0.2, 0.25) is 0 Å². The first-order chi connectivity index (χ1) is 11.6. The predicted molar refractivity (Wildman–Crippen MR) is 90.5 cm³/mol. The van der Waals surface area contributed by atoms with Gasteiger partial charge in [0.25, 0.3) is 0 Å². The van der Waals surface area contributed by atoms with Crippen LogP contribution in [0.3, 0.4) is 0 Å². The molecule has 3 rings (SSSR count). The molecule has 1 amide bonds. The van der Waals surface area contributed by atoms with Crippen LogP contribution in [-0.4, -0.2) is 52.4 Å². The van der Waals surface area contributed by atoms with E-state index in [1.165, 1.54) is 0 Å². The summed E-state index contributed by atoms with van der Waals surface area (Å²) in [5.74, 6) is 0.978. The van der Waals surface area contributed by atoms with Gasteiger partial charge in [-0.3, -0.25) is 19.7 Å². The molecule has 1 aromatic carbocycles. The molecule has 0 aliphatic carbocycles. The van der Waals surface area contributed by atoms with E-state index in [2.05, 4.69) is 14.9 Å². The smallest absolute Gasteiger partial charge is 0.237 e. The van der Waals surface area contributed by atoms with Gasteiger partial charge in [-0.15, -0.1) is 0 Å². The highest BCUT2D eigenvalue weighted by Gasteiger charge is 2.24. The summed E-state index contributed by atoms with van der Waals surface area (Å²) in [6.07, 6.45) is 3.54. The first-order valence-corrected chi connectivity index (χ1v) is 8.04. The van der Waals surface area contributed by atoms with Crippen LogP contribution in [0.4, 0.5) is 0 Å². The van der Waals surface area contributed by atoms with Crippen molar-refractivity contribution in [3.05, 3.63) is 53.6 Å². The molecule has 2 heterocycles. The topological polar surface area (TPSA) is 58.6 Å². The minimum absolute atomic E-state index is 0.150. The average molecular weight is 326 g/mol. The third kappa shape index (κ3) is 4.08. The largest absolute Gasteiger partial charge is 0.497 e. The number of piperazine rings is 1. The fourth-order valence-corrected chi connectivity index (χ4v) is 2.74. The molecule has 0 saturated carbocycles. The molecule has 2 aromatic rings. The van der Waals surface area contributed by atoms with Gasteiger partial charge < -0.3 is 9.64 Å². The zero-order valence-corrected chi connectivity index (χ0v) is 14.1. The van der Waals surface area contributed by atoms with E-state index in [-0.39, 0.29) is 5.91 Å². The molecule has 126 valence electrons. The summed E-state index contributed by atoms with van der Waals surface area (Å²) in [7, 11) is 1.65. The van der Waals surface area contributed by atoms with E-state index >= 15 is 0 Å². The van der Waals surface area contributed by atoms with Crippen LogP contribution in [0, 0.1) is 6.92 Å². The second-order valence-electron chi connectivity index (χ2n) is 6.02. The van der Waals surface area contributed by atoms with Crippen LogP contribution in [0.5, 0.6) is 5.75 Å². The molecule has 6 nitrogen and oxygen atoms in total. The molecule has 0 spiro atoms. The summed E-state index contributed by atoms with van der Waals surface area (Å²) in [5.41, 5.74) is 2.91. The van der Waals surface area contributed by atoms with Crippen molar-refractivity contribution < 1.29 is 9.53 Å². The number of benzene rings is 1. The monoisotopic (exact) mass is 326 g/mol. The second kappa shape index (κ2) is 7.40. The van der Waals surface area contributed by atoms with Crippen molar-refractivity contribution in [1.82, 2.24) is 19.8 Å². The highest BCUT2D eigenvalue weighted by Crippen LogP contribution is 2.15. The normalized spacial score (nSPS) is 15.6. The number of ether oxygens (including phenoxy) is 1. The SMILES string of the molecule is COc1ccc(CN2CCN(Cc3cnc(C)cn3)CC2=O)cc1. The van der Waals surface area contributed by atoms with Gasteiger partial charge >= 0.3 is 0 Å². The number of rotatable bonds is 5. The Hall–Kier alpha value is -2.47. The van der Waals surface area contributed by atoms with E-state index in [9.17, 15) is 4.79 Å². The standard InChI is InChI=1S/C18H22N4O2/c1-14-9-20-16(10-19-14)12-21-7-8-22(18(23)13-21)11-15-3-5-17(24-2)6-4-15/h3-6,9-10H,7-8,11-13H2,1-2H3. The number of carbonyl (C=O) groups is 1. The summed E-state index contributed by atoms with van der Waals surface area (Å²) in [6.45, 7) is 5.21. The van der Waals surface area contributed by atoms with Crippen LogP contribution >= 0.6 is 0 Å². The minimum atomic E-state index is 0.150. The molecule has 1 aromatic heterocycles. The Balaban J connectivity index is 1.54. The second-order valence-corrected chi connectivity index (χ2v) is 6.02. The molecule has 0 N–H and O–H groups in total. The molecule has 0 atom stereocenters. The highest BCUT2D eigenvalue weighted by molar-refractivity contribution is 5.79. The molecular formula is C18H22N4O2. The number of methoxy groups -OCH3 is 1. The average Bonchev–Trinajstić information content (AvgIpc) is 2.60. The van der Waals surface area contributed by atoms with Crippen molar-refractivity contribution in [3.63, 3.8) is 0 Å². The predicted octanol–water partition coefficient (Wildman–Crippen LogP) is 1.64. The van der Waals surface area contributed by atoms with Crippen molar-refractivity contribution in [1.29, 1.82) is 0 Å². The lowest BCUT2D eigenvalue weighted by Crippen LogP contribution is -2.49. The number of hydrogen-bond acceptors (Lipinski definition) is 5. The minimum Gasteiger partial charge on any atom is -0.497 e. The quantitative estimate of drug-likeness (QED) is 0.836. The van der Waals surface area contributed by atoms with E-state index in [1.54, 1.807) is 19.5 Å². The van der Waals surface area contributed by atoms with Crippen molar-refractivity contribution in [2.24, 2.45) is 0 Å². The van der Waals surface area contributed by atoms with Crippen molar-refractivity contribution in [2.45, 2.75) is 20.0 Å². The molecule has 6 heteroatoms. The Bertz CT molecular complexity index is 685. The van der Waals surface area contributed by atoms with E-state index in [4.69, 9.17) is 4.74 Å². The van der Waals surface area contributed by atoms with Gasteiger partial charge in [-0.1, -0.05) is 12.1 Å². The maximum Gasteiger partial charge on any atom is 0.237 e. The zero-order valence-electron chi connectivity index (χ0n) is 14.1. The third-order valence-corrected chi connectivity index (χ3v) is 4.15. The lowest BCUT2D eigenvalue weighted by atomic mass is 10.2. The molecule has 1 saturated heterocycles. The molecule has 0 unspecified atom stereocenters. The van der Waals surface area contributed by atoms with Gasteiger partial charge in [0.05, 0.1) is 25.0 Å². The van der Waals surface area contributed by atoms with Gasteiger partial charge in [0.1, 0.15) is 5.75 Å². The maximum absolute atomic E-state index is 12.4. The molecular weight excluding hydrogens is 304 g/mol. The van der Waals surface area contributed by atoms with E-state index in [0.29, 0.717) is 19.6 Å². The van der Waals surface area contributed by atoms with E-state index < -0.39 is 0 Å². The first-order valence-electron chi connectivity index (χ1n) is 8.04. The fourth-order valence-electron chi connectivity index (χ4n) is 2.74. The Morgan fingerprint density at radius 2 is 1.88 bits per heavy atom. The van der Waals surface area contributed by atoms with Crippen molar-refractivity contribution in [2.75, 3.05) is 26.7 Å². The van der Waals surface area contributed by atoms with Gasteiger partial charge in [-0.2, -0.15) is 0 Å². The molecule has 1 aliphatic rings. The maximum atomic E-state index is 12.4. The lowest BCUT2D eigenvalue weighted by Gasteiger charge is -2.34. The van der Waals surface area contributed by atoms with Crippen LogP contribution in [0.25, 0.3) is 0 Å². The van der Waals surface area contributed by atoms with Crippen LogP contribution < -0.4 is 4.74 Å². The number of carbonyl (C=O) groups excluding carboxylic acids is 1. The van der Waals surface area contributed by atoms with Crippen LogP contribution in [0.15, 0.2) is 36.7 Å². The lowest BCUT2D eigenvalue weighted by molar-refractivity contribution is -0.136. The van der Waals surface area contributed by atoms with Crippen molar-refractivity contribution >= 4 is 5.91 Å². The summed E-state index contributed by atoms with van der Waals surface area (Å²) in [4.78, 5) is 25.0. The van der Waals surface area contributed by atoms with Crippen LogP contribution in [0.1, 0.15) is 17.0 Å². The number of amides is 1. The third-order valence-electron chi connectivity index (χ3n) is 4.15.